The summed E-state index contributed by atoms with van der Waals surface area (Å²) in [6.07, 6.45) is 0. The smallest absolute Gasteiger partial charge is 0.153 e. The van der Waals surface area contributed by atoms with Crippen molar-refractivity contribution in [1.82, 2.24) is 10.2 Å². The minimum Gasteiger partial charge on any atom is -0.382 e. The minimum absolute atomic E-state index is 0.377. The Hall–Kier alpha value is -1.01. The highest BCUT2D eigenvalue weighted by molar-refractivity contribution is 9.11. The molecule has 2 heterocycles. The van der Waals surface area contributed by atoms with Crippen LogP contribution in [0.1, 0.15) is 5.56 Å². The molecule has 0 amide bonds. The van der Waals surface area contributed by atoms with Crippen molar-refractivity contribution in [2.24, 2.45) is 0 Å². The summed E-state index contributed by atoms with van der Waals surface area (Å²) in [5.41, 5.74) is 9.43. The Kier molecular flexibility index (Phi) is 4.01. The number of benzene rings is 1. The molecule has 3 aromatic rings. The molecule has 0 atom stereocenters. The van der Waals surface area contributed by atoms with Crippen LogP contribution in [-0.4, -0.2) is 10.2 Å². The zero-order valence-electron chi connectivity index (χ0n) is 10.9. The summed E-state index contributed by atoms with van der Waals surface area (Å²) in [6.45, 7) is 2.03. The Labute approximate surface area is 144 Å². The highest BCUT2D eigenvalue weighted by atomic mass is 79.9. The van der Waals surface area contributed by atoms with Crippen molar-refractivity contribution in [2.75, 3.05) is 5.73 Å². The maximum absolute atomic E-state index is 6.30. The SMILES string of the molecule is Cc1cc(-c2[nH]nc(N)c2-c2c(Cl)cccc2Cl)sc1Br. The molecule has 0 saturated heterocycles. The summed E-state index contributed by atoms with van der Waals surface area (Å²) in [4.78, 5) is 1.02. The first kappa shape index (κ1) is 14.9. The van der Waals surface area contributed by atoms with Gasteiger partial charge in [0.05, 0.1) is 30.0 Å². The Morgan fingerprint density at radius 1 is 1.24 bits per heavy atom. The second-order valence-electron chi connectivity index (χ2n) is 4.52. The molecule has 3 nitrogen and oxygen atoms in total. The van der Waals surface area contributed by atoms with E-state index in [2.05, 4.69) is 32.2 Å². The van der Waals surface area contributed by atoms with Crippen LogP contribution in [0.4, 0.5) is 5.82 Å². The number of aryl methyl sites for hydroxylation is 1. The number of anilines is 1. The van der Waals surface area contributed by atoms with Gasteiger partial charge in [-0.05, 0) is 46.6 Å². The summed E-state index contributed by atoms with van der Waals surface area (Å²) < 4.78 is 1.07. The zero-order valence-corrected chi connectivity index (χ0v) is 14.8. The molecule has 7 heteroatoms. The van der Waals surface area contributed by atoms with E-state index >= 15 is 0 Å². The second kappa shape index (κ2) is 5.65. The number of hydrogen-bond donors (Lipinski definition) is 2. The lowest BCUT2D eigenvalue weighted by molar-refractivity contribution is 1.11. The number of halogens is 3. The molecule has 2 aromatic heterocycles. The van der Waals surface area contributed by atoms with Gasteiger partial charge in [0, 0.05) is 5.56 Å². The highest BCUT2D eigenvalue weighted by Crippen LogP contribution is 2.45. The van der Waals surface area contributed by atoms with Crippen molar-refractivity contribution in [3.8, 4) is 21.7 Å². The molecule has 0 fully saturated rings. The molecule has 21 heavy (non-hydrogen) atoms. The number of thiophene rings is 1. The van der Waals surface area contributed by atoms with Gasteiger partial charge in [-0.2, -0.15) is 5.10 Å². The number of aromatic nitrogens is 2. The van der Waals surface area contributed by atoms with Crippen LogP contribution < -0.4 is 5.73 Å². The van der Waals surface area contributed by atoms with Gasteiger partial charge >= 0.3 is 0 Å². The van der Waals surface area contributed by atoms with Crippen molar-refractivity contribution in [3.05, 3.63) is 43.7 Å². The predicted molar refractivity (Wildman–Crippen MR) is 94.2 cm³/mol. The standard InChI is InChI=1S/C14H10BrCl2N3S/c1-6-5-9(21-13(6)15)12-11(14(18)20-19-12)10-7(16)3-2-4-8(10)17/h2-5H,1H3,(H3,18,19,20). The molecule has 0 aliphatic heterocycles. The van der Waals surface area contributed by atoms with Gasteiger partial charge in [-0.3, -0.25) is 5.10 Å². The number of aromatic amines is 1. The molecule has 0 radical (unpaired) electrons. The number of rotatable bonds is 2. The topological polar surface area (TPSA) is 54.7 Å². The third kappa shape index (κ3) is 2.59. The van der Waals surface area contributed by atoms with E-state index in [0.717, 1.165) is 25.5 Å². The van der Waals surface area contributed by atoms with Gasteiger partial charge in [-0.25, -0.2) is 0 Å². The summed E-state index contributed by atoms with van der Waals surface area (Å²) in [6, 6.07) is 7.44. The van der Waals surface area contributed by atoms with Crippen molar-refractivity contribution in [1.29, 1.82) is 0 Å². The Bertz CT molecular complexity index is 786. The number of H-pyrrole nitrogens is 1. The van der Waals surface area contributed by atoms with E-state index in [1.54, 1.807) is 29.5 Å². The average Bonchev–Trinajstić information content (AvgIpc) is 2.94. The molecule has 0 unspecified atom stereocenters. The van der Waals surface area contributed by atoms with Crippen LogP contribution in [0.3, 0.4) is 0 Å². The molecule has 0 spiro atoms. The molecule has 3 rings (SSSR count). The third-order valence-corrected chi connectivity index (χ3v) is 5.89. The Morgan fingerprint density at radius 2 is 1.90 bits per heavy atom. The predicted octanol–water partition coefficient (Wildman–Crippen LogP) is 5.77. The summed E-state index contributed by atoms with van der Waals surface area (Å²) in [7, 11) is 0. The van der Waals surface area contributed by atoms with E-state index in [1.807, 2.05) is 6.92 Å². The number of hydrogen-bond acceptors (Lipinski definition) is 3. The molecule has 0 aliphatic carbocycles. The summed E-state index contributed by atoms with van der Waals surface area (Å²) in [5.74, 6) is 0.377. The van der Waals surface area contributed by atoms with Crippen molar-refractivity contribution in [2.45, 2.75) is 6.92 Å². The normalized spacial score (nSPS) is 11.0. The average molecular weight is 403 g/mol. The van der Waals surface area contributed by atoms with Crippen LogP contribution in [0.2, 0.25) is 10.0 Å². The fourth-order valence-electron chi connectivity index (χ4n) is 2.11. The highest BCUT2D eigenvalue weighted by Gasteiger charge is 2.21. The van der Waals surface area contributed by atoms with Gasteiger partial charge < -0.3 is 5.73 Å². The fraction of sp³-hybridized carbons (Fsp3) is 0.0714. The van der Waals surface area contributed by atoms with Gasteiger partial charge in [0.1, 0.15) is 0 Å². The maximum atomic E-state index is 6.30. The van der Waals surface area contributed by atoms with E-state index in [9.17, 15) is 0 Å². The lowest BCUT2D eigenvalue weighted by atomic mass is 10.0. The van der Waals surface area contributed by atoms with Gasteiger partial charge in [0.2, 0.25) is 0 Å². The molecular formula is C14H10BrCl2N3S. The molecule has 1 aromatic carbocycles. The third-order valence-electron chi connectivity index (χ3n) is 3.11. The molecule has 0 aliphatic rings. The first-order valence-electron chi connectivity index (χ1n) is 6.03. The molecule has 3 N–H and O–H groups in total. The maximum Gasteiger partial charge on any atom is 0.153 e. The van der Waals surface area contributed by atoms with Crippen LogP contribution in [0.15, 0.2) is 28.1 Å². The molecule has 0 saturated carbocycles. The molecular weight excluding hydrogens is 393 g/mol. The van der Waals surface area contributed by atoms with E-state index in [0.29, 0.717) is 21.4 Å². The zero-order chi connectivity index (χ0) is 15.1. The summed E-state index contributed by atoms with van der Waals surface area (Å²) in [5, 5.41) is 8.19. The molecule has 0 bridgehead atoms. The van der Waals surface area contributed by atoms with E-state index in [-0.39, 0.29) is 0 Å². The van der Waals surface area contributed by atoms with Crippen LogP contribution in [-0.2, 0) is 0 Å². The lowest BCUT2D eigenvalue weighted by Gasteiger charge is -2.07. The number of nitrogens with one attached hydrogen (secondary N) is 1. The lowest BCUT2D eigenvalue weighted by Crippen LogP contribution is -1.90. The monoisotopic (exact) mass is 401 g/mol. The quantitative estimate of drug-likeness (QED) is 0.571. The summed E-state index contributed by atoms with van der Waals surface area (Å²) >= 11 is 17.7. The number of nitrogen functional groups attached to an aromatic ring is 1. The van der Waals surface area contributed by atoms with Gasteiger partial charge in [-0.1, -0.05) is 29.3 Å². The van der Waals surface area contributed by atoms with Crippen LogP contribution in [0.5, 0.6) is 0 Å². The van der Waals surface area contributed by atoms with Gasteiger partial charge in [0.15, 0.2) is 5.82 Å². The minimum atomic E-state index is 0.377. The Morgan fingerprint density at radius 3 is 2.48 bits per heavy atom. The molecule has 108 valence electrons. The van der Waals surface area contributed by atoms with Crippen LogP contribution in [0.25, 0.3) is 21.7 Å². The van der Waals surface area contributed by atoms with Crippen LogP contribution in [0, 0.1) is 6.92 Å². The van der Waals surface area contributed by atoms with E-state index in [1.165, 1.54) is 0 Å². The number of nitrogens with zero attached hydrogens (tertiary/aromatic N) is 1. The number of nitrogens with two attached hydrogens (primary N) is 1. The van der Waals surface area contributed by atoms with Gasteiger partial charge in [0.25, 0.3) is 0 Å². The second-order valence-corrected chi connectivity index (χ2v) is 7.71. The fourth-order valence-corrected chi connectivity index (χ4v) is 4.23. The largest absolute Gasteiger partial charge is 0.382 e. The van der Waals surface area contributed by atoms with E-state index in [4.69, 9.17) is 28.9 Å². The van der Waals surface area contributed by atoms with E-state index < -0.39 is 0 Å². The first-order valence-corrected chi connectivity index (χ1v) is 8.40. The van der Waals surface area contributed by atoms with Crippen LogP contribution >= 0.6 is 50.5 Å². The van der Waals surface area contributed by atoms with Crippen molar-refractivity contribution < 1.29 is 0 Å². The van der Waals surface area contributed by atoms with Gasteiger partial charge in [-0.15, -0.1) is 11.3 Å². The Balaban J connectivity index is 2.27. The van der Waals surface area contributed by atoms with Crippen molar-refractivity contribution >= 4 is 56.3 Å². The first-order chi connectivity index (χ1) is 9.99. The van der Waals surface area contributed by atoms with Crippen molar-refractivity contribution in [3.63, 3.8) is 0 Å².